The molecule has 3 aromatic rings. The third-order valence-corrected chi connectivity index (χ3v) is 5.89. The second-order valence-electron chi connectivity index (χ2n) is 7.90. The quantitative estimate of drug-likeness (QED) is 0.168. The Morgan fingerprint density at radius 2 is 1.76 bits per heavy atom. The number of aliphatic hydroxyl groups is 1. The number of aliphatic hydroxyl groups excluding tert-OH is 1. The van der Waals surface area contributed by atoms with E-state index in [1.165, 1.54) is 56.7 Å². The van der Waals surface area contributed by atoms with Crippen LogP contribution in [0.5, 0.6) is 17.2 Å². The lowest BCUT2D eigenvalue weighted by molar-refractivity contribution is -0.385. The third-order valence-electron chi connectivity index (χ3n) is 5.89. The van der Waals surface area contributed by atoms with Gasteiger partial charge in [-0.05, 0) is 54.1 Å². The zero-order chi connectivity index (χ0) is 26.9. The lowest BCUT2D eigenvalue weighted by atomic mass is 9.94. The van der Waals surface area contributed by atoms with Gasteiger partial charge in [-0.25, -0.2) is 0 Å². The summed E-state index contributed by atoms with van der Waals surface area (Å²) in [7, 11) is 2.76. The zero-order valence-electron chi connectivity index (χ0n) is 19.5. The summed E-state index contributed by atoms with van der Waals surface area (Å²) in [6.45, 7) is 0. The number of carbonyl (C=O) groups is 2. The molecule has 1 fully saturated rings. The van der Waals surface area contributed by atoms with Crippen molar-refractivity contribution in [1.29, 1.82) is 5.26 Å². The van der Waals surface area contributed by atoms with Gasteiger partial charge >= 0.3 is 5.69 Å². The van der Waals surface area contributed by atoms with Gasteiger partial charge in [0.25, 0.3) is 11.7 Å². The van der Waals surface area contributed by atoms with E-state index in [0.29, 0.717) is 11.3 Å². The van der Waals surface area contributed by atoms with Gasteiger partial charge in [0.15, 0.2) is 5.75 Å². The number of anilines is 1. The summed E-state index contributed by atoms with van der Waals surface area (Å²) in [5, 5.41) is 42.0. The SMILES string of the molecule is COc1ccc(OC)c(/C(O)=C2\C(=O)C(=O)N(c3ccc(C#N)cc3)C2c2ccc(O)c([N+](=O)[O-])c2)c1. The number of aromatic hydroxyl groups is 1. The van der Waals surface area contributed by atoms with Crippen LogP contribution in [0.1, 0.15) is 22.7 Å². The molecular formula is C26H19N3O8. The summed E-state index contributed by atoms with van der Waals surface area (Å²) in [5.74, 6) is -2.75. The lowest BCUT2D eigenvalue weighted by Crippen LogP contribution is -2.29. The molecule has 0 radical (unpaired) electrons. The van der Waals surface area contributed by atoms with Gasteiger partial charge in [0.1, 0.15) is 17.3 Å². The maximum absolute atomic E-state index is 13.3. The molecule has 0 spiro atoms. The molecule has 186 valence electrons. The molecular weight excluding hydrogens is 482 g/mol. The summed E-state index contributed by atoms with van der Waals surface area (Å²) in [6.07, 6.45) is 0. The van der Waals surface area contributed by atoms with Gasteiger partial charge in [-0.1, -0.05) is 6.07 Å². The van der Waals surface area contributed by atoms with Gasteiger partial charge in [-0.15, -0.1) is 0 Å². The van der Waals surface area contributed by atoms with Crippen molar-refractivity contribution >= 4 is 28.8 Å². The normalized spacial score (nSPS) is 16.4. The van der Waals surface area contributed by atoms with Gasteiger partial charge in [0.05, 0.1) is 48.0 Å². The molecule has 4 rings (SSSR count). The molecule has 0 aromatic heterocycles. The van der Waals surface area contributed by atoms with Gasteiger partial charge in [0, 0.05) is 11.8 Å². The van der Waals surface area contributed by atoms with Crippen molar-refractivity contribution in [3.05, 3.63) is 93.0 Å². The van der Waals surface area contributed by atoms with Gasteiger partial charge in [-0.2, -0.15) is 5.26 Å². The first kappa shape index (κ1) is 24.7. The first-order valence-corrected chi connectivity index (χ1v) is 10.7. The van der Waals surface area contributed by atoms with Crippen molar-refractivity contribution < 1.29 is 34.2 Å². The average Bonchev–Trinajstić information content (AvgIpc) is 3.18. The van der Waals surface area contributed by atoms with Crippen LogP contribution in [0.15, 0.2) is 66.2 Å². The lowest BCUT2D eigenvalue weighted by Gasteiger charge is -2.25. The molecule has 1 atom stereocenters. The number of hydrogen-bond donors (Lipinski definition) is 2. The summed E-state index contributed by atoms with van der Waals surface area (Å²) in [5.41, 5.74) is -0.367. The molecule has 37 heavy (non-hydrogen) atoms. The van der Waals surface area contributed by atoms with Crippen molar-refractivity contribution in [2.45, 2.75) is 6.04 Å². The fourth-order valence-electron chi connectivity index (χ4n) is 4.11. The fraction of sp³-hybridized carbons (Fsp3) is 0.115. The van der Waals surface area contributed by atoms with Gasteiger partial charge in [-0.3, -0.25) is 24.6 Å². The second kappa shape index (κ2) is 9.71. The van der Waals surface area contributed by atoms with Crippen molar-refractivity contribution in [2.75, 3.05) is 19.1 Å². The minimum Gasteiger partial charge on any atom is -0.507 e. The summed E-state index contributed by atoms with van der Waals surface area (Å²) < 4.78 is 10.5. The standard InChI is InChI=1S/C26H19N3O8/c1-36-17-8-10-21(37-2)18(12-17)24(31)22-23(15-5-9-20(30)19(11-15)29(34)35)28(26(33)25(22)32)16-6-3-14(13-27)4-7-16/h3-12,23,30-31H,1-2H3/b24-22+. The number of rotatable bonds is 6. The number of nitro groups is 1. The molecule has 1 aliphatic rings. The second-order valence-corrected chi connectivity index (χ2v) is 7.90. The van der Waals surface area contributed by atoms with Crippen LogP contribution in [0.3, 0.4) is 0 Å². The number of phenolic OH excluding ortho intramolecular Hbond substituents is 1. The molecule has 0 bridgehead atoms. The number of ether oxygens (including phenoxy) is 2. The largest absolute Gasteiger partial charge is 0.507 e. The van der Waals surface area contributed by atoms with Crippen LogP contribution >= 0.6 is 0 Å². The average molecular weight is 501 g/mol. The Morgan fingerprint density at radius 1 is 1.05 bits per heavy atom. The molecule has 1 heterocycles. The van der Waals surface area contributed by atoms with Crippen LogP contribution in [0, 0.1) is 21.4 Å². The molecule has 11 heteroatoms. The van der Waals surface area contributed by atoms with E-state index in [4.69, 9.17) is 14.7 Å². The summed E-state index contributed by atoms with van der Waals surface area (Å²) in [4.78, 5) is 38.4. The predicted molar refractivity (Wildman–Crippen MR) is 130 cm³/mol. The molecule has 2 N–H and O–H groups in total. The van der Waals surface area contributed by atoms with E-state index in [1.807, 2.05) is 6.07 Å². The Hall–Kier alpha value is -5.37. The zero-order valence-corrected chi connectivity index (χ0v) is 19.5. The fourth-order valence-corrected chi connectivity index (χ4v) is 4.11. The maximum atomic E-state index is 13.3. The number of amides is 1. The molecule has 0 aliphatic carbocycles. The molecule has 1 aliphatic heterocycles. The molecule has 3 aromatic carbocycles. The number of ketones is 1. The van der Waals surface area contributed by atoms with E-state index < -0.39 is 39.9 Å². The molecule has 11 nitrogen and oxygen atoms in total. The van der Waals surface area contributed by atoms with Crippen LogP contribution in [0.2, 0.25) is 0 Å². The number of phenols is 1. The van der Waals surface area contributed by atoms with Gasteiger partial charge in [0.2, 0.25) is 0 Å². The van der Waals surface area contributed by atoms with Crippen LogP contribution in [0.4, 0.5) is 11.4 Å². The van der Waals surface area contributed by atoms with Crippen LogP contribution in [0.25, 0.3) is 5.76 Å². The smallest absolute Gasteiger partial charge is 0.311 e. The topological polar surface area (TPSA) is 163 Å². The van der Waals surface area contributed by atoms with Crippen molar-refractivity contribution in [3.63, 3.8) is 0 Å². The number of Topliss-reactive ketones (excluding diaryl/α,β-unsaturated/α-hetero) is 1. The molecule has 0 saturated carbocycles. The summed E-state index contributed by atoms with van der Waals surface area (Å²) in [6, 6.07) is 14.3. The minimum absolute atomic E-state index is 0.0537. The Balaban J connectivity index is 2.02. The van der Waals surface area contributed by atoms with Crippen molar-refractivity contribution in [3.8, 4) is 23.3 Å². The number of benzene rings is 3. The number of hydrogen-bond acceptors (Lipinski definition) is 9. The first-order chi connectivity index (χ1) is 17.7. The summed E-state index contributed by atoms with van der Waals surface area (Å²) >= 11 is 0. The number of nitro benzene ring substituents is 1. The van der Waals surface area contributed by atoms with E-state index in [1.54, 1.807) is 6.07 Å². The maximum Gasteiger partial charge on any atom is 0.311 e. The van der Waals surface area contributed by atoms with E-state index in [-0.39, 0.29) is 28.1 Å². The molecule has 1 amide bonds. The minimum atomic E-state index is -1.32. The Morgan fingerprint density at radius 3 is 2.35 bits per heavy atom. The van der Waals surface area contributed by atoms with Crippen LogP contribution in [-0.4, -0.2) is 41.0 Å². The number of carbonyl (C=O) groups excluding carboxylic acids is 2. The Bertz CT molecular complexity index is 1510. The monoisotopic (exact) mass is 501 g/mol. The van der Waals surface area contributed by atoms with Crippen molar-refractivity contribution in [1.82, 2.24) is 0 Å². The molecule has 1 saturated heterocycles. The highest BCUT2D eigenvalue weighted by molar-refractivity contribution is 6.51. The number of nitriles is 1. The highest BCUT2D eigenvalue weighted by Gasteiger charge is 2.47. The van der Waals surface area contributed by atoms with Crippen LogP contribution in [-0.2, 0) is 9.59 Å². The predicted octanol–water partition coefficient (Wildman–Crippen LogP) is 3.82. The van der Waals surface area contributed by atoms with Gasteiger partial charge < -0.3 is 19.7 Å². The van der Waals surface area contributed by atoms with E-state index in [0.717, 1.165) is 17.0 Å². The molecule has 1 unspecified atom stereocenters. The van der Waals surface area contributed by atoms with E-state index >= 15 is 0 Å². The number of nitrogens with zero attached hydrogens (tertiary/aromatic N) is 3. The first-order valence-electron chi connectivity index (χ1n) is 10.7. The van der Waals surface area contributed by atoms with E-state index in [2.05, 4.69) is 0 Å². The highest BCUT2D eigenvalue weighted by Crippen LogP contribution is 2.45. The number of methoxy groups -OCH3 is 2. The van der Waals surface area contributed by atoms with Crippen LogP contribution < -0.4 is 14.4 Å². The van der Waals surface area contributed by atoms with Crippen molar-refractivity contribution in [2.24, 2.45) is 0 Å². The Labute approximate surface area is 210 Å². The Kier molecular flexibility index (Phi) is 6.49. The third kappa shape index (κ3) is 4.28. The highest BCUT2D eigenvalue weighted by atomic mass is 16.6. The van der Waals surface area contributed by atoms with E-state index in [9.17, 15) is 29.9 Å².